The van der Waals surface area contributed by atoms with Crippen molar-refractivity contribution in [3.8, 4) is 0 Å². The molecule has 1 aromatic rings. The van der Waals surface area contributed by atoms with Gasteiger partial charge in [-0.25, -0.2) is 0 Å². The second-order valence-corrected chi connectivity index (χ2v) is 6.11. The van der Waals surface area contributed by atoms with E-state index in [0.29, 0.717) is 13.0 Å². The first kappa shape index (κ1) is 22.2. The van der Waals surface area contributed by atoms with Crippen molar-refractivity contribution < 1.29 is 4.79 Å². The number of amides is 1. The molecule has 132 valence electrons. The summed E-state index contributed by atoms with van der Waals surface area (Å²) < 4.78 is 0. The summed E-state index contributed by atoms with van der Waals surface area (Å²) in [7, 11) is 0. The first-order valence-electron chi connectivity index (χ1n) is 7.96. The molecule has 0 aliphatic carbocycles. The zero-order chi connectivity index (χ0) is 15.1. The van der Waals surface area contributed by atoms with E-state index in [1.165, 1.54) is 37.9 Å². The molecule has 0 aromatic heterocycles. The Balaban J connectivity index is 0.00000242. The van der Waals surface area contributed by atoms with E-state index in [-0.39, 0.29) is 36.8 Å². The summed E-state index contributed by atoms with van der Waals surface area (Å²) in [5.74, 6) is 0.0161. The monoisotopic (exact) mass is 361 g/mol. The van der Waals surface area contributed by atoms with Gasteiger partial charge in [0.2, 0.25) is 5.91 Å². The third-order valence-electron chi connectivity index (χ3n) is 3.87. The predicted molar refractivity (Wildman–Crippen MR) is 100 cm³/mol. The Kier molecular flexibility index (Phi) is 11.3. The molecule has 1 aliphatic heterocycles. The second kappa shape index (κ2) is 11.7. The topological polar surface area (TPSA) is 58.4 Å². The minimum absolute atomic E-state index is 0. The summed E-state index contributed by atoms with van der Waals surface area (Å²) in [5, 5.41) is 2.90. The number of nitrogens with one attached hydrogen (secondary N) is 1. The Morgan fingerprint density at radius 1 is 1.13 bits per heavy atom. The maximum absolute atomic E-state index is 11.6. The van der Waals surface area contributed by atoms with Gasteiger partial charge in [0.1, 0.15) is 0 Å². The molecule has 2 rings (SSSR count). The highest BCUT2D eigenvalue weighted by atomic mass is 35.5. The number of carbonyl (C=O) groups excluding carboxylic acids is 1. The predicted octanol–water partition coefficient (Wildman–Crippen LogP) is 2.87. The Labute approximate surface area is 152 Å². The molecule has 0 spiro atoms. The number of nitrogens with zero attached hydrogens (tertiary/aromatic N) is 1. The number of rotatable bonds is 6. The van der Waals surface area contributed by atoms with Crippen LogP contribution in [0.25, 0.3) is 0 Å². The van der Waals surface area contributed by atoms with E-state index in [1.54, 1.807) is 0 Å². The number of benzene rings is 1. The van der Waals surface area contributed by atoms with Crippen LogP contribution in [0.1, 0.15) is 43.7 Å². The van der Waals surface area contributed by atoms with Crippen molar-refractivity contribution in [2.24, 2.45) is 5.73 Å². The molecule has 1 heterocycles. The second-order valence-electron chi connectivity index (χ2n) is 6.11. The van der Waals surface area contributed by atoms with Crippen LogP contribution in [0.2, 0.25) is 0 Å². The molecule has 6 heteroatoms. The number of halogens is 2. The highest BCUT2D eigenvalue weighted by Crippen LogP contribution is 2.13. The summed E-state index contributed by atoms with van der Waals surface area (Å²) in [5.41, 5.74) is 8.09. The molecule has 4 nitrogen and oxygen atoms in total. The van der Waals surface area contributed by atoms with Crippen molar-refractivity contribution >= 4 is 30.7 Å². The Morgan fingerprint density at radius 2 is 1.70 bits per heavy atom. The smallest absolute Gasteiger partial charge is 0.221 e. The SMILES string of the molecule is CC(N)CC(=O)NCc1ccc(CN2CCCCC2)cc1.Cl.Cl. The number of nitrogens with two attached hydrogens (primary N) is 1. The van der Waals surface area contributed by atoms with Crippen LogP contribution in [0.3, 0.4) is 0 Å². The van der Waals surface area contributed by atoms with Crippen LogP contribution in [0.4, 0.5) is 0 Å². The normalized spacial score (nSPS) is 15.9. The fourth-order valence-electron chi connectivity index (χ4n) is 2.70. The van der Waals surface area contributed by atoms with Crippen molar-refractivity contribution in [1.82, 2.24) is 10.2 Å². The molecular weight excluding hydrogens is 333 g/mol. The first-order chi connectivity index (χ1) is 10.1. The average molecular weight is 362 g/mol. The number of hydrogen-bond acceptors (Lipinski definition) is 3. The Hall–Kier alpha value is -0.810. The maximum atomic E-state index is 11.6. The molecule has 1 unspecified atom stereocenters. The lowest BCUT2D eigenvalue weighted by molar-refractivity contribution is -0.121. The molecule has 1 saturated heterocycles. The highest BCUT2D eigenvalue weighted by Gasteiger charge is 2.10. The lowest BCUT2D eigenvalue weighted by Gasteiger charge is -2.26. The van der Waals surface area contributed by atoms with E-state index in [4.69, 9.17) is 5.73 Å². The Bertz CT molecular complexity index is 446. The van der Waals surface area contributed by atoms with Crippen LogP contribution in [0.15, 0.2) is 24.3 Å². The van der Waals surface area contributed by atoms with E-state index >= 15 is 0 Å². The van der Waals surface area contributed by atoms with Gasteiger partial charge in [-0.2, -0.15) is 0 Å². The molecular formula is C17H29Cl2N3O. The van der Waals surface area contributed by atoms with Gasteiger partial charge in [0.05, 0.1) is 0 Å². The first-order valence-corrected chi connectivity index (χ1v) is 7.96. The summed E-state index contributed by atoms with van der Waals surface area (Å²) in [6.07, 6.45) is 4.40. The van der Waals surface area contributed by atoms with E-state index in [1.807, 2.05) is 6.92 Å². The fourth-order valence-corrected chi connectivity index (χ4v) is 2.70. The molecule has 0 saturated carbocycles. The van der Waals surface area contributed by atoms with Gasteiger partial charge in [-0.1, -0.05) is 30.7 Å². The average Bonchev–Trinajstić information content (AvgIpc) is 2.47. The molecule has 0 radical (unpaired) electrons. The molecule has 1 atom stereocenters. The number of piperidine rings is 1. The van der Waals surface area contributed by atoms with Crippen molar-refractivity contribution in [3.63, 3.8) is 0 Å². The maximum Gasteiger partial charge on any atom is 0.221 e. The number of hydrogen-bond donors (Lipinski definition) is 2. The standard InChI is InChI=1S/C17H27N3O.2ClH/c1-14(18)11-17(21)19-12-15-5-7-16(8-6-15)13-20-9-3-2-4-10-20;;/h5-8,14H,2-4,9-13,18H2,1H3,(H,19,21);2*1H. The molecule has 1 amide bonds. The summed E-state index contributed by atoms with van der Waals surface area (Å²) >= 11 is 0. The van der Waals surface area contributed by atoms with Gasteiger partial charge in [0.25, 0.3) is 0 Å². The highest BCUT2D eigenvalue weighted by molar-refractivity contribution is 5.85. The molecule has 1 fully saturated rings. The molecule has 1 aliphatic rings. The van der Waals surface area contributed by atoms with Crippen molar-refractivity contribution in [3.05, 3.63) is 35.4 Å². The summed E-state index contributed by atoms with van der Waals surface area (Å²) in [6.45, 7) is 5.89. The van der Waals surface area contributed by atoms with Crippen molar-refractivity contribution in [1.29, 1.82) is 0 Å². The zero-order valence-corrected chi connectivity index (χ0v) is 15.4. The number of carbonyl (C=O) groups is 1. The lowest BCUT2D eigenvalue weighted by atomic mass is 10.1. The summed E-state index contributed by atoms with van der Waals surface area (Å²) in [4.78, 5) is 14.1. The lowest BCUT2D eigenvalue weighted by Crippen LogP contribution is -2.29. The minimum atomic E-state index is -0.0862. The zero-order valence-electron chi connectivity index (χ0n) is 13.8. The fraction of sp³-hybridized carbons (Fsp3) is 0.588. The van der Waals surface area contributed by atoms with Crippen LogP contribution in [0.5, 0.6) is 0 Å². The van der Waals surface area contributed by atoms with E-state index in [0.717, 1.165) is 12.1 Å². The van der Waals surface area contributed by atoms with Crippen LogP contribution in [0, 0.1) is 0 Å². The quantitative estimate of drug-likeness (QED) is 0.818. The van der Waals surface area contributed by atoms with Gasteiger partial charge in [0, 0.05) is 25.6 Å². The van der Waals surface area contributed by atoms with Gasteiger partial charge < -0.3 is 11.1 Å². The van der Waals surface area contributed by atoms with Crippen molar-refractivity contribution in [2.45, 2.75) is 51.7 Å². The third-order valence-corrected chi connectivity index (χ3v) is 3.87. The van der Waals surface area contributed by atoms with Crippen molar-refractivity contribution in [2.75, 3.05) is 13.1 Å². The van der Waals surface area contributed by atoms with E-state index in [2.05, 4.69) is 34.5 Å². The summed E-state index contributed by atoms with van der Waals surface area (Å²) in [6, 6.07) is 8.46. The molecule has 3 N–H and O–H groups in total. The largest absolute Gasteiger partial charge is 0.352 e. The molecule has 1 aromatic carbocycles. The van der Waals surface area contributed by atoms with Crippen LogP contribution in [-0.2, 0) is 17.9 Å². The Morgan fingerprint density at radius 3 is 2.26 bits per heavy atom. The third kappa shape index (κ3) is 8.56. The molecule has 23 heavy (non-hydrogen) atoms. The van der Waals surface area contributed by atoms with E-state index < -0.39 is 0 Å². The van der Waals surface area contributed by atoms with Gasteiger partial charge in [-0.05, 0) is 44.0 Å². The number of likely N-dealkylation sites (tertiary alicyclic amines) is 1. The van der Waals surface area contributed by atoms with Gasteiger partial charge in [-0.3, -0.25) is 9.69 Å². The minimum Gasteiger partial charge on any atom is -0.352 e. The molecule has 0 bridgehead atoms. The van der Waals surface area contributed by atoms with Gasteiger partial charge >= 0.3 is 0 Å². The van der Waals surface area contributed by atoms with Gasteiger partial charge in [-0.15, -0.1) is 24.8 Å². The van der Waals surface area contributed by atoms with Crippen LogP contribution < -0.4 is 11.1 Å². The van der Waals surface area contributed by atoms with Gasteiger partial charge in [0.15, 0.2) is 0 Å². The van der Waals surface area contributed by atoms with Crippen LogP contribution in [-0.4, -0.2) is 29.9 Å². The van der Waals surface area contributed by atoms with Crippen LogP contribution >= 0.6 is 24.8 Å². The van der Waals surface area contributed by atoms with E-state index in [9.17, 15) is 4.79 Å².